The molecule has 0 amide bonds. The smallest absolute Gasteiger partial charge is 0.0900 e. The molecule has 2 rings (SSSR count). The maximum absolute atomic E-state index is 10.0. The van der Waals surface area contributed by atoms with Crippen molar-refractivity contribution in [1.82, 2.24) is 4.90 Å². The van der Waals surface area contributed by atoms with E-state index in [1.807, 2.05) is 18.2 Å². The second-order valence-electron chi connectivity index (χ2n) is 5.30. The lowest BCUT2D eigenvalue weighted by molar-refractivity contribution is -0.0215. The number of ether oxygens (including phenoxy) is 1. The molecule has 0 radical (unpaired) electrons. The minimum atomic E-state index is -0.379. The van der Waals surface area contributed by atoms with Gasteiger partial charge in [-0.3, -0.25) is 0 Å². The maximum Gasteiger partial charge on any atom is 0.0900 e. The number of nitrogens with zero attached hydrogens (tertiary/aromatic N) is 1. The monoisotopic (exact) mass is 263 g/mol. The van der Waals surface area contributed by atoms with Gasteiger partial charge in [0, 0.05) is 6.54 Å². The van der Waals surface area contributed by atoms with E-state index < -0.39 is 0 Å². The van der Waals surface area contributed by atoms with Gasteiger partial charge in [0.25, 0.3) is 0 Å². The average Bonchev–Trinajstić information content (AvgIpc) is 2.93. The molecule has 0 spiro atoms. The lowest BCUT2D eigenvalue weighted by Crippen LogP contribution is -2.33. The van der Waals surface area contributed by atoms with Crippen LogP contribution in [0.2, 0.25) is 0 Å². The minimum Gasteiger partial charge on any atom is -0.389 e. The third-order valence-electron chi connectivity index (χ3n) is 3.70. The summed E-state index contributed by atoms with van der Waals surface area (Å²) in [6, 6.07) is 10.2. The molecule has 1 aliphatic heterocycles. The van der Waals surface area contributed by atoms with Crippen LogP contribution in [0.4, 0.5) is 0 Å². The first-order chi connectivity index (χ1) is 9.29. The molecular formula is C16H25NO2. The molecule has 1 aromatic rings. The molecule has 3 nitrogen and oxygen atoms in total. The largest absolute Gasteiger partial charge is 0.389 e. The third-order valence-corrected chi connectivity index (χ3v) is 3.70. The first-order valence-corrected chi connectivity index (χ1v) is 7.36. The standard InChI is InChI=1S/C16H25NO2/c1-2-16(14-8-4-3-5-9-14)19-13-15(18)12-17-10-6-7-11-17/h3-5,8-9,15-16,18H,2,6-7,10-13H2,1H3. The van der Waals surface area contributed by atoms with Gasteiger partial charge in [0.05, 0.1) is 18.8 Å². The second-order valence-corrected chi connectivity index (χ2v) is 5.30. The molecule has 106 valence electrons. The van der Waals surface area contributed by atoms with E-state index in [4.69, 9.17) is 4.74 Å². The van der Waals surface area contributed by atoms with Gasteiger partial charge in [-0.25, -0.2) is 0 Å². The van der Waals surface area contributed by atoms with E-state index in [2.05, 4.69) is 24.0 Å². The number of hydrogen-bond acceptors (Lipinski definition) is 3. The SMILES string of the molecule is CCC(OCC(O)CN1CCCC1)c1ccccc1. The van der Waals surface area contributed by atoms with E-state index in [9.17, 15) is 5.11 Å². The highest BCUT2D eigenvalue weighted by molar-refractivity contribution is 5.17. The Balaban J connectivity index is 1.76. The van der Waals surface area contributed by atoms with E-state index in [0.29, 0.717) is 6.61 Å². The summed E-state index contributed by atoms with van der Waals surface area (Å²) in [5, 5.41) is 10.0. The second kappa shape index (κ2) is 7.63. The van der Waals surface area contributed by atoms with Gasteiger partial charge >= 0.3 is 0 Å². The zero-order valence-electron chi connectivity index (χ0n) is 11.8. The molecule has 1 N–H and O–H groups in total. The first-order valence-electron chi connectivity index (χ1n) is 7.36. The van der Waals surface area contributed by atoms with Crippen LogP contribution in [-0.4, -0.2) is 42.4 Å². The highest BCUT2D eigenvalue weighted by Crippen LogP contribution is 2.20. The van der Waals surface area contributed by atoms with E-state index in [-0.39, 0.29) is 12.2 Å². The summed E-state index contributed by atoms with van der Waals surface area (Å²) in [5.41, 5.74) is 1.19. The number of β-amino-alcohol motifs (C(OH)–C–C–N with tert-alkyl or cyclic N) is 1. The third kappa shape index (κ3) is 4.60. The lowest BCUT2D eigenvalue weighted by Gasteiger charge is -2.22. The summed E-state index contributed by atoms with van der Waals surface area (Å²) in [5.74, 6) is 0. The van der Waals surface area contributed by atoms with Crippen LogP contribution in [0, 0.1) is 0 Å². The van der Waals surface area contributed by atoms with E-state index >= 15 is 0 Å². The van der Waals surface area contributed by atoms with Crippen molar-refractivity contribution >= 4 is 0 Å². The van der Waals surface area contributed by atoms with Gasteiger partial charge in [-0.15, -0.1) is 0 Å². The van der Waals surface area contributed by atoms with Crippen LogP contribution in [0.25, 0.3) is 0 Å². The fourth-order valence-corrected chi connectivity index (χ4v) is 2.66. The van der Waals surface area contributed by atoms with Crippen LogP contribution in [0.3, 0.4) is 0 Å². The van der Waals surface area contributed by atoms with Crippen LogP contribution in [0.5, 0.6) is 0 Å². The number of rotatable bonds is 7. The molecule has 0 aromatic heterocycles. The van der Waals surface area contributed by atoms with Crippen LogP contribution in [0.15, 0.2) is 30.3 Å². The summed E-state index contributed by atoms with van der Waals surface area (Å²) in [6.07, 6.45) is 3.16. The molecule has 3 heteroatoms. The van der Waals surface area contributed by atoms with Crippen LogP contribution >= 0.6 is 0 Å². The van der Waals surface area contributed by atoms with E-state index in [1.54, 1.807) is 0 Å². The Morgan fingerprint density at radius 1 is 1.21 bits per heavy atom. The fourth-order valence-electron chi connectivity index (χ4n) is 2.66. The number of aliphatic hydroxyl groups is 1. The number of hydrogen-bond donors (Lipinski definition) is 1. The van der Waals surface area contributed by atoms with Gasteiger partial charge < -0.3 is 14.7 Å². The highest BCUT2D eigenvalue weighted by atomic mass is 16.5. The molecule has 1 saturated heterocycles. The molecule has 1 fully saturated rings. The van der Waals surface area contributed by atoms with Gasteiger partial charge in [-0.2, -0.15) is 0 Å². The minimum absolute atomic E-state index is 0.0921. The Labute approximate surface area is 116 Å². The number of aliphatic hydroxyl groups excluding tert-OH is 1. The van der Waals surface area contributed by atoms with Crippen LogP contribution in [0.1, 0.15) is 37.9 Å². The molecule has 2 unspecified atom stereocenters. The number of likely N-dealkylation sites (tertiary alicyclic amines) is 1. The maximum atomic E-state index is 10.0. The molecular weight excluding hydrogens is 238 g/mol. The first kappa shape index (κ1) is 14.5. The van der Waals surface area contributed by atoms with Gasteiger partial charge in [0.15, 0.2) is 0 Å². The Bertz CT molecular complexity index is 349. The van der Waals surface area contributed by atoms with Crippen molar-refractivity contribution in [2.75, 3.05) is 26.2 Å². The van der Waals surface area contributed by atoms with Crippen LogP contribution < -0.4 is 0 Å². The summed E-state index contributed by atoms with van der Waals surface area (Å²) in [4.78, 5) is 2.32. The van der Waals surface area contributed by atoms with E-state index in [0.717, 1.165) is 26.1 Å². The topological polar surface area (TPSA) is 32.7 Å². The fraction of sp³-hybridized carbons (Fsp3) is 0.625. The van der Waals surface area contributed by atoms with Crippen molar-refractivity contribution in [1.29, 1.82) is 0 Å². The van der Waals surface area contributed by atoms with Gasteiger partial charge in [-0.1, -0.05) is 37.3 Å². The highest BCUT2D eigenvalue weighted by Gasteiger charge is 2.17. The van der Waals surface area contributed by atoms with E-state index in [1.165, 1.54) is 18.4 Å². The van der Waals surface area contributed by atoms with Crippen molar-refractivity contribution in [2.45, 2.75) is 38.4 Å². The summed E-state index contributed by atoms with van der Waals surface area (Å²) in [6.45, 7) is 5.51. The number of benzene rings is 1. The Hall–Kier alpha value is -0.900. The quantitative estimate of drug-likeness (QED) is 0.821. The summed E-state index contributed by atoms with van der Waals surface area (Å²) in [7, 11) is 0. The molecule has 0 bridgehead atoms. The summed E-state index contributed by atoms with van der Waals surface area (Å²) >= 11 is 0. The predicted molar refractivity (Wildman–Crippen MR) is 77.1 cm³/mol. The van der Waals surface area contributed by atoms with Crippen molar-refractivity contribution in [3.63, 3.8) is 0 Å². The van der Waals surface area contributed by atoms with Gasteiger partial charge in [0.1, 0.15) is 0 Å². The molecule has 2 atom stereocenters. The Morgan fingerprint density at radius 3 is 2.53 bits per heavy atom. The van der Waals surface area contributed by atoms with Gasteiger partial charge in [-0.05, 0) is 37.9 Å². The zero-order valence-corrected chi connectivity index (χ0v) is 11.8. The van der Waals surface area contributed by atoms with Crippen molar-refractivity contribution in [2.24, 2.45) is 0 Å². The lowest BCUT2D eigenvalue weighted by atomic mass is 10.1. The summed E-state index contributed by atoms with van der Waals surface area (Å²) < 4.78 is 5.87. The van der Waals surface area contributed by atoms with Crippen molar-refractivity contribution in [3.8, 4) is 0 Å². The Morgan fingerprint density at radius 2 is 1.89 bits per heavy atom. The van der Waals surface area contributed by atoms with Crippen LogP contribution in [-0.2, 0) is 4.74 Å². The molecule has 1 heterocycles. The van der Waals surface area contributed by atoms with Gasteiger partial charge in [0.2, 0.25) is 0 Å². The molecule has 1 aromatic carbocycles. The molecule has 0 aliphatic carbocycles. The normalized spacial score (nSPS) is 19.5. The van der Waals surface area contributed by atoms with Crippen molar-refractivity contribution < 1.29 is 9.84 Å². The molecule has 19 heavy (non-hydrogen) atoms. The zero-order chi connectivity index (χ0) is 13.5. The molecule has 1 aliphatic rings. The average molecular weight is 263 g/mol. The molecule has 0 saturated carbocycles. The van der Waals surface area contributed by atoms with Crippen molar-refractivity contribution in [3.05, 3.63) is 35.9 Å². The Kier molecular flexibility index (Phi) is 5.83. The predicted octanol–water partition coefficient (Wildman–Crippen LogP) is 2.61.